The van der Waals surface area contributed by atoms with E-state index in [1.807, 2.05) is 4.83 Å². The molecule has 0 radical (unpaired) electrons. The number of halogens is 4. The molecule has 0 fully saturated rings. The first kappa shape index (κ1) is 17.3. The zero-order chi connectivity index (χ0) is 17.1. The van der Waals surface area contributed by atoms with E-state index in [1.165, 1.54) is 36.4 Å². The molecule has 2 rings (SSSR count). The van der Waals surface area contributed by atoms with Crippen LogP contribution in [0, 0.1) is 0 Å². The maximum absolute atomic E-state index is 12.4. The Hall–Kier alpha value is -2.06. The first-order chi connectivity index (χ1) is 10.7. The van der Waals surface area contributed by atoms with Crippen molar-refractivity contribution < 1.29 is 21.6 Å². The SMILES string of the molecule is O=S(=O)(N/N=C/c1ccc(C(F)(F)F)cc1)c1ccc(Cl)cc1. The van der Waals surface area contributed by atoms with Gasteiger partial charge in [-0.15, -0.1) is 0 Å². The zero-order valence-electron chi connectivity index (χ0n) is 11.4. The van der Waals surface area contributed by atoms with Crippen molar-refractivity contribution >= 4 is 27.8 Å². The molecule has 0 aromatic heterocycles. The van der Waals surface area contributed by atoms with Crippen LogP contribution in [0.2, 0.25) is 5.02 Å². The molecule has 0 unspecified atom stereocenters. The van der Waals surface area contributed by atoms with Crippen LogP contribution in [0.3, 0.4) is 0 Å². The van der Waals surface area contributed by atoms with E-state index in [1.54, 1.807) is 0 Å². The molecule has 122 valence electrons. The summed E-state index contributed by atoms with van der Waals surface area (Å²) in [6.45, 7) is 0. The van der Waals surface area contributed by atoms with Gasteiger partial charge >= 0.3 is 6.18 Å². The van der Waals surface area contributed by atoms with E-state index in [9.17, 15) is 21.6 Å². The number of rotatable bonds is 4. The molecule has 0 bridgehead atoms. The molecule has 2 aromatic rings. The zero-order valence-corrected chi connectivity index (χ0v) is 13.0. The molecular weight excluding hydrogens is 353 g/mol. The summed E-state index contributed by atoms with van der Waals surface area (Å²) in [6, 6.07) is 9.57. The lowest BCUT2D eigenvalue weighted by molar-refractivity contribution is -0.137. The lowest BCUT2D eigenvalue weighted by Crippen LogP contribution is -2.18. The Morgan fingerprint density at radius 2 is 1.57 bits per heavy atom. The Morgan fingerprint density at radius 3 is 2.09 bits per heavy atom. The molecule has 0 atom stereocenters. The Kier molecular flexibility index (Phi) is 4.96. The van der Waals surface area contributed by atoms with E-state index in [4.69, 9.17) is 11.6 Å². The summed E-state index contributed by atoms with van der Waals surface area (Å²) in [6.07, 6.45) is -3.32. The van der Waals surface area contributed by atoms with Gasteiger partial charge < -0.3 is 0 Å². The summed E-state index contributed by atoms with van der Waals surface area (Å²) < 4.78 is 61.0. The molecule has 9 heteroatoms. The maximum atomic E-state index is 12.4. The van der Waals surface area contributed by atoms with Gasteiger partial charge in [0.2, 0.25) is 0 Å². The van der Waals surface area contributed by atoms with Gasteiger partial charge in [0.15, 0.2) is 0 Å². The average molecular weight is 363 g/mol. The molecule has 0 saturated heterocycles. The van der Waals surface area contributed by atoms with Crippen molar-refractivity contribution in [1.29, 1.82) is 0 Å². The van der Waals surface area contributed by atoms with Crippen molar-refractivity contribution in [1.82, 2.24) is 4.83 Å². The van der Waals surface area contributed by atoms with E-state index >= 15 is 0 Å². The van der Waals surface area contributed by atoms with Gasteiger partial charge in [-0.1, -0.05) is 23.7 Å². The lowest BCUT2D eigenvalue weighted by atomic mass is 10.1. The van der Waals surface area contributed by atoms with Crippen LogP contribution in [-0.2, 0) is 16.2 Å². The van der Waals surface area contributed by atoms with Gasteiger partial charge in [0.25, 0.3) is 10.0 Å². The summed E-state index contributed by atoms with van der Waals surface area (Å²) in [5.74, 6) is 0. The third-order valence-corrected chi connectivity index (χ3v) is 4.24. The van der Waals surface area contributed by atoms with Crippen molar-refractivity contribution in [3.05, 3.63) is 64.7 Å². The summed E-state index contributed by atoms with van der Waals surface area (Å²) >= 11 is 5.67. The van der Waals surface area contributed by atoms with Crippen molar-refractivity contribution in [3.8, 4) is 0 Å². The minimum absolute atomic E-state index is 0.0357. The van der Waals surface area contributed by atoms with Gasteiger partial charge in [0, 0.05) is 5.02 Å². The molecule has 0 amide bonds. The maximum Gasteiger partial charge on any atom is 0.416 e. The standard InChI is InChI=1S/C14H10ClF3N2O2S/c15-12-5-7-13(8-6-12)23(21,22)20-19-9-10-1-3-11(4-2-10)14(16,17)18/h1-9,20H/b19-9+. The number of hydrazone groups is 1. The monoisotopic (exact) mass is 362 g/mol. The Morgan fingerprint density at radius 1 is 1.00 bits per heavy atom. The Labute approximate surface area is 135 Å². The second-order valence-electron chi connectivity index (χ2n) is 4.43. The number of hydrogen-bond acceptors (Lipinski definition) is 3. The number of nitrogens with zero attached hydrogens (tertiary/aromatic N) is 1. The molecule has 0 aliphatic carbocycles. The smallest absolute Gasteiger partial charge is 0.200 e. The molecule has 0 aliphatic rings. The van der Waals surface area contributed by atoms with Crippen LogP contribution in [0.1, 0.15) is 11.1 Å². The third-order valence-electron chi connectivity index (χ3n) is 2.75. The highest BCUT2D eigenvalue weighted by atomic mass is 35.5. The van der Waals surface area contributed by atoms with Gasteiger partial charge in [0.05, 0.1) is 16.7 Å². The number of sulfonamides is 1. The topological polar surface area (TPSA) is 58.5 Å². The lowest BCUT2D eigenvalue weighted by Gasteiger charge is -2.06. The molecule has 23 heavy (non-hydrogen) atoms. The van der Waals surface area contributed by atoms with E-state index in [0.29, 0.717) is 10.6 Å². The van der Waals surface area contributed by atoms with E-state index in [0.717, 1.165) is 18.3 Å². The van der Waals surface area contributed by atoms with Gasteiger partial charge in [-0.3, -0.25) is 0 Å². The highest BCUT2D eigenvalue weighted by molar-refractivity contribution is 7.89. The molecule has 4 nitrogen and oxygen atoms in total. The van der Waals surface area contributed by atoms with Crippen molar-refractivity contribution in [2.75, 3.05) is 0 Å². The molecule has 0 spiro atoms. The highest BCUT2D eigenvalue weighted by Gasteiger charge is 2.29. The van der Waals surface area contributed by atoms with Crippen molar-refractivity contribution in [2.45, 2.75) is 11.1 Å². The van der Waals surface area contributed by atoms with Gasteiger partial charge in [0.1, 0.15) is 0 Å². The molecular formula is C14H10ClF3N2O2S. The summed E-state index contributed by atoms with van der Waals surface area (Å²) in [7, 11) is -3.87. The van der Waals surface area contributed by atoms with Gasteiger partial charge in [-0.2, -0.15) is 26.7 Å². The summed E-state index contributed by atoms with van der Waals surface area (Å²) in [5.41, 5.74) is -0.479. The predicted molar refractivity (Wildman–Crippen MR) is 80.8 cm³/mol. The van der Waals surface area contributed by atoms with Gasteiger partial charge in [-0.25, -0.2) is 4.83 Å². The van der Waals surface area contributed by atoms with Crippen LogP contribution in [0.25, 0.3) is 0 Å². The van der Waals surface area contributed by atoms with Crippen LogP contribution >= 0.6 is 11.6 Å². The van der Waals surface area contributed by atoms with Crippen LogP contribution in [0.15, 0.2) is 58.5 Å². The first-order valence-corrected chi connectivity index (χ1v) is 8.02. The minimum atomic E-state index is -4.42. The fourth-order valence-electron chi connectivity index (χ4n) is 1.59. The van der Waals surface area contributed by atoms with Crippen molar-refractivity contribution in [2.24, 2.45) is 5.10 Å². The number of benzene rings is 2. The number of nitrogens with one attached hydrogen (secondary N) is 1. The molecule has 0 heterocycles. The summed E-state index contributed by atoms with van der Waals surface area (Å²) in [4.78, 5) is 1.93. The Balaban J connectivity index is 2.07. The Bertz CT molecular complexity index is 801. The summed E-state index contributed by atoms with van der Waals surface area (Å²) in [5, 5.41) is 3.91. The largest absolute Gasteiger partial charge is 0.416 e. The van der Waals surface area contributed by atoms with Crippen molar-refractivity contribution in [3.63, 3.8) is 0 Å². The number of hydrogen-bond donors (Lipinski definition) is 1. The predicted octanol–water partition coefficient (Wildman–Crippen LogP) is 3.67. The normalized spacial score (nSPS) is 12.5. The first-order valence-electron chi connectivity index (χ1n) is 6.16. The van der Waals surface area contributed by atoms with Crippen LogP contribution in [0.4, 0.5) is 13.2 Å². The van der Waals surface area contributed by atoms with E-state index in [-0.39, 0.29) is 4.90 Å². The molecule has 1 N–H and O–H groups in total. The van der Waals surface area contributed by atoms with Crippen LogP contribution in [-0.4, -0.2) is 14.6 Å². The third kappa shape index (κ3) is 4.70. The fraction of sp³-hybridized carbons (Fsp3) is 0.0714. The molecule has 2 aromatic carbocycles. The number of alkyl halides is 3. The highest BCUT2D eigenvalue weighted by Crippen LogP contribution is 2.28. The minimum Gasteiger partial charge on any atom is -0.200 e. The fourth-order valence-corrected chi connectivity index (χ4v) is 2.51. The van der Waals surface area contributed by atoms with E-state index < -0.39 is 21.8 Å². The van der Waals surface area contributed by atoms with Crippen LogP contribution < -0.4 is 4.83 Å². The second-order valence-corrected chi connectivity index (χ2v) is 6.52. The van der Waals surface area contributed by atoms with E-state index in [2.05, 4.69) is 5.10 Å². The van der Waals surface area contributed by atoms with Crippen LogP contribution in [0.5, 0.6) is 0 Å². The van der Waals surface area contributed by atoms with Gasteiger partial charge in [-0.05, 0) is 42.0 Å². The molecule has 0 saturated carbocycles. The average Bonchev–Trinajstić information content (AvgIpc) is 2.47. The molecule has 0 aliphatic heterocycles. The second kappa shape index (κ2) is 6.59. The quantitative estimate of drug-likeness (QED) is 0.666.